The number of ether oxygens (including phenoxy) is 3. The molecule has 0 bridgehead atoms. The lowest BCUT2D eigenvalue weighted by molar-refractivity contribution is 0.0478. The summed E-state index contributed by atoms with van der Waals surface area (Å²) in [6.45, 7) is 36.1. The molecule has 10 heteroatoms. The number of rotatable bonds is 25. The van der Waals surface area contributed by atoms with Crippen LogP contribution in [0.5, 0.6) is 11.5 Å². The van der Waals surface area contributed by atoms with Crippen LogP contribution in [0.15, 0.2) is 72.8 Å². The van der Waals surface area contributed by atoms with Gasteiger partial charge in [0, 0.05) is 30.1 Å². The zero-order valence-electron chi connectivity index (χ0n) is 49.6. The summed E-state index contributed by atoms with van der Waals surface area (Å²) in [7, 11) is 0. The van der Waals surface area contributed by atoms with Crippen LogP contribution < -0.4 is 20.5 Å². The quantitative estimate of drug-likeness (QED) is 0.0379. The number of carbonyl (C=O) groups excluding carboxylic acids is 1. The van der Waals surface area contributed by atoms with E-state index in [0.29, 0.717) is 19.4 Å². The fourth-order valence-electron chi connectivity index (χ4n) is 10.1. The number of aliphatic hydroxyl groups is 4. The third-order valence-electron chi connectivity index (χ3n) is 15.6. The average Bonchev–Trinajstić information content (AvgIpc) is 3.33. The fraction of sp³-hybridized carbons (Fsp3) is 0.615. The lowest BCUT2D eigenvalue weighted by Gasteiger charge is -2.34. The zero-order chi connectivity index (χ0) is 56.5. The van der Waals surface area contributed by atoms with Crippen molar-refractivity contribution in [2.45, 2.75) is 223 Å². The Bertz CT molecular complexity index is 2360. The summed E-state index contributed by atoms with van der Waals surface area (Å²) in [5.74, 6) is 1.61. The van der Waals surface area contributed by atoms with Gasteiger partial charge in [0.05, 0.1) is 18.2 Å². The second-order valence-electron chi connectivity index (χ2n) is 24.4. The van der Waals surface area contributed by atoms with Crippen LogP contribution in [-0.4, -0.2) is 82.8 Å². The van der Waals surface area contributed by atoms with Crippen molar-refractivity contribution in [2.75, 3.05) is 26.4 Å². The lowest BCUT2D eigenvalue weighted by Crippen LogP contribution is -2.42. The van der Waals surface area contributed by atoms with Crippen molar-refractivity contribution in [3.05, 3.63) is 128 Å². The number of carbonyl (C=O) groups is 1. The number of benzene rings is 4. The highest BCUT2D eigenvalue weighted by Crippen LogP contribution is 2.43. The predicted molar refractivity (Wildman–Crippen MR) is 311 cm³/mol. The normalized spacial score (nSPS) is 14.1. The van der Waals surface area contributed by atoms with E-state index in [4.69, 9.17) is 25.1 Å². The molecule has 0 fully saturated rings. The molecule has 0 spiro atoms. The molecule has 0 saturated carbocycles. The zero-order valence-corrected chi connectivity index (χ0v) is 49.6. The molecule has 0 aliphatic rings. The minimum Gasteiger partial charge on any atom is -0.492 e. The van der Waals surface area contributed by atoms with Crippen LogP contribution in [0.3, 0.4) is 0 Å². The molecule has 10 nitrogen and oxygen atoms in total. The standard InChI is InChI=1S/C35H55NO5.C30H47NO3/c1-11-35(12-2,27-15-13-26(24(3)21-27)14-18-31(38)33(5,6)7)28-16-17-30(25(4)22-28)40-23-29(19-20-37)36-32(39)41-34(8,9)10;1-8-30(9-2,25-13-14-27(22(4)19-25)34-20-26(31)16-17-32)24-12-10-23(21(3)18-24)11-15-28(33)29(5,6)7/h13,15-17,21-22,29,31,37-38H,11-12,14,18-20,23H2,1-10H3,(H,36,39);10,12-14,18-19,26,28,32-33H,8-9,11,15-17,20,31H2,1-7H3/t29-,31?;26-,28?/m11/s1. The second kappa shape index (κ2) is 28.8. The number of nitrogens with two attached hydrogens (primary N) is 1. The summed E-state index contributed by atoms with van der Waals surface area (Å²) in [6.07, 6.45) is 6.97. The van der Waals surface area contributed by atoms with E-state index in [-0.39, 0.29) is 65.8 Å². The van der Waals surface area contributed by atoms with E-state index in [2.05, 4.69) is 162 Å². The molecule has 0 aliphatic carbocycles. The minimum atomic E-state index is -0.597. The van der Waals surface area contributed by atoms with Crippen LogP contribution >= 0.6 is 0 Å². The molecule has 7 N–H and O–H groups in total. The average molecular weight is 1040 g/mol. The topological polar surface area (TPSA) is 164 Å². The molecule has 0 saturated heterocycles. The van der Waals surface area contributed by atoms with Crippen molar-refractivity contribution in [3.8, 4) is 11.5 Å². The highest BCUT2D eigenvalue weighted by molar-refractivity contribution is 5.68. The van der Waals surface area contributed by atoms with Crippen LogP contribution in [0, 0.1) is 38.5 Å². The van der Waals surface area contributed by atoms with Crippen LogP contribution in [0.4, 0.5) is 4.79 Å². The van der Waals surface area contributed by atoms with E-state index < -0.39 is 11.7 Å². The monoisotopic (exact) mass is 1040 g/mol. The lowest BCUT2D eigenvalue weighted by atomic mass is 9.69. The number of amides is 1. The molecule has 1 amide bonds. The van der Waals surface area contributed by atoms with Crippen molar-refractivity contribution < 1.29 is 39.4 Å². The molecule has 0 aliphatic heterocycles. The van der Waals surface area contributed by atoms with Gasteiger partial charge in [-0.2, -0.15) is 0 Å². The van der Waals surface area contributed by atoms with E-state index in [0.717, 1.165) is 74.0 Å². The van der Waals surface area contributed by atoms with E-state index in [1.807, 2.05) is 33.8 Å². The number of aryl methyl sites for hydroxylation is 6. The molecule has 0 heterocycles. The molecular formula is C65H102N2O8. The summed E-state index contributed by atoms with van der Waals surface area (Å²) in [4.78, 5) is 12.2. The first-order chi connectivity index (χ1) is 35.0. The van der Waals surface area contributed by atoms with Gasteiger partial charge < -0.3 is 45.7 Å². The summed E-state index contributed by atoms with van der Waals surface area (Å²) in [5.41, 5.74) is 17.5. The third kappa shape index (κ3) is 18.6. The summed E-state index contributed by atoms with van der Waals surface area (Å²) >= 11 is 0. The molecule has 420 valence electrons. The van der Waals surface area contributed by atoms with Gasteiger partial charge in [0.2, 0.25) is 0 Å². The number of alkyl carbamates (subject to hydrolysis) is 1. The smallest absolute Gasteiger partial charge is 0.407 e. The minimum absolute atomic E-state index is 0.0629. The Balaban J connectivity index is 0.000000402. The molecule has 4 aromatic rings. The first-order valence-corrected chi connectivity index (χ1v) is 28.0. The van der Waals surface area contributed by atoms with Gasteiger partial charge in [-0.05, 0) is 191 Å². The number of hydrogen-bond donors (Lipinski definition) is 6. The van der Waals surface area contributed by atoms with Crippen molar-refractivity contribution >= 4 is 6.09 Å². The fourth-order valence-corrected chi connectivity index (χ4v) is 10.1. The molecule has 2 unspecified atom stereocenters. The first-order valence-electron chi connectivity index (χ1n) is 28.0. The Morgan fingerprint density at radius 1 is 0.533 bits per heavy atom. The third-order valence-corrected chi connectivity index (χ3v) is 15.6. The van der Waals surface area contributed by atoms with Crippen molar-refractivity contribution in [3.63, 3.8) is 0 Å². The predicted octanol–water partition coefficient (Wildman–Crippen LogP) is 13.2. The molecule has 4 aromatic carbocycles. The van der Waals surface area contributed by atoms with Gasteiger partial charge in [-0.1, -0.05) is 130 Å². The maximum Gasteiger partial charge on any atom is 0.407 e. The van der Waals surface area contributed by atoms with Gasteiger partial charge in [-0.3, -0.25) is 0 Å². The molecule has 0 aromatic heterocycles. The molecular weight excluding hydrogens is 937 g/mol. The Morgan fingerprint density at radius 2 is 0.893 bits per heavy atom. The molecule has 0 radical (unpaired) electrons. The van der Waals surface area contributed by atoms with Crippen molar-refractivity contribution in [2.24, 2.45) is 16.6 Å². The second-order valence-corrected chi connectivity index (χ2v) is 24.4. The van der Waals surface area contributed by atoms with Gasteiger partial charge in [-0.25, -0.2) is 4.79 Å². The first kappa shape index (κ1) is 64.8. The highest BCUT2D eigenvalue weighted by atomic mass is 16.6. The summed E-state index contributed by atoms with van der Waals surface area (Å²) < 4.78 is 17.4. The van der Waals surface area contributed by atoms with Crippen LogP contribution in [-0.2, 0) is 28.4 Å². The Hall–Kier alpha value is -4.45. The molecule has 4 rings (SSSR count). The molecule has 4 atom stereocenters. The SMILES string of the molecule is CCC(CC)(c1ccc(CCC(O)C(C)(C)C)c(C)c1)c1ccc(OC[C@@H](CCO)NC(=O)OC(C)(C)C)c(C)c1.CCC(CC)(c1ccc(CCC(O)C(C)(C)C)c(C)c1)c1ccc(OC[C@H](N)CCO)c(C)c1. The van der Waals surface area contributed by atoms with E-state index in [9.17, 15) is 20.1 Å². The van der Waals surface area contributed by atoms with Crippen LogP contribution in [0.1, 0.15) is 197 Å². The van der Waals surface area contributed by atoms with Crippen molar-refractivity contribution in [1.29, 1.82) is 0 Å². The van der Waals surface area contributed by atoms with Crippen molar-refractivity contribution in [1.82, 2.24) is 5.32 Å². The largest absolute Gasteiger partial charge is 0.492 e. The van der Waals surface area contributed by atoms with E-state index >= 15 is 0 Å². The van der Waals surface area contributed by atoms with Crippen LogP contribution in [0.2, 0.25) is 0 Å². The van der Waals surface area contributed by atoms with Gasteiger partial charge in [-0.15, -0.1) is 0 Å². The van der Waals surface area contributed by atoms with Crippen LogP contribution in [0.25, 0.3) is 0 Å². The Morgan fingerprint density at radius 3 is 1.21 bits per heavy atom. The number of hydrogen-bond acceptors (Lipinski definition) is 9. The van der Waals surface area contributed by atoms with E-state index in [1.165, 1.54) is 44.5 Å². The number of aliphatic hydroxyl groups excluding tert-OH is 4. The highest BCUT2D eigenvalue weighted by Gasteiger charge is 2.34. The van der Waals surface area contributed by atoms with Gasteiger partial charge >= 0.3 is 6.09 Å². The Kier molecular flexibility index (Phi) is 24.9. The summed E-state index contributed by atoms with van der Waals surface area (Å²) in [6, 6.07) is 26.1. The Labute approximate surface area is 454 Å². The maximum absolute atomic E-state index is 12.2. The molecule has 75 heavy (non-hydrogen) atoms. The summed E-state index contributed by atoms with van der Waals surface area (Å²) in [5, 5.41) is 42.3. The van der Waals surface area contributed by atoms with E-state index in [1.54, 1.807) is 0 Å². The van der Waals surface area contributed by atoms with Gasteiger partial charge in [0.15, 0.2) is 0 Å². The number of nitrogens with one attached hydrogen (secondary N) is 1. The maximum atomic E-state index is 12.2. The van der Waals surface area contributed by atoms with Gasteiger partial charge in [0.1, 0.15) is 30.3 Å². The van der Waals surface area contributed by atoms with Gasteiger partial charge in [0.25, 0.3) is 0 Å².